The number of ketones is 1. The Bertz CT molecular complexity index is 1610. The number of hydrogen-bond donors (Lipinski definition) is 0. The van der Waals surface area contributed by atoms with Crippen molar-refractivity contribution in [2.45, 2.75) is 92.0 Å². The number of Topliss-reactive ketones (excluding diaryl/α,β-unsaturated/α-hetero) is 1. The van der Waals surface area contributed by atoms with E-state index in [4.69, 9.17) is 19.3 Å². The standard InChI is InChI=1S/C38H51N5O4/c1-24(2)33(44)14-12-11-13-19-47-37-27(5)36-29(26(4)23-38(6,7)43(36)8)20-32(37)42-41-31-22-34(45-9)30(21-35(31)46-10)40-39-28-17-15-25(3)16-18-28/h15-18,20-22,24,26H,11-14,19,23H2,1-10H3/b40-39+,42-41+. The van der Waals surface area contributed by atoms with E-state index in [-0.39, 0.29) is 11.5 Å². The van der Waals surface area contributed by atoms with E-state index in [0.29, 0.717) is 53.3 Å². The second-order valence-electron chi connectivity index (χ2n) is 13.5. The molecule has 1 aliphatic rings. The Morgan fingerprint density at radius 1 is 0.894 bits per heavy atom. The summed E-state index contributed by atoms with van der Waals surface area (Å²) >= 11 is 0. The first kappa shape index (κ1) is 35.6. The van der Waals surface area contributed by atoms with Gasteiger partial charge in [0.1, 0.15) is 34.3 Å². The smallest absolute Gasteiger partial charge is 0.151 e. The van der Waals surface area contributed by atoms with Gasteiger partial charge in [0.2, 0.25) is 0 Å². The van der Waals surface area contributed by atoms with E-state index in [9.17, 15) is 4.79 Å². The van der Waals surface area contributed by atoms with Crippen molar-refractivity contribution in [1.29, 1.82) is 0 Å². The van der Waals surface area contributed by atoms with E-state index in [1.54, 1.807) is 26.4 Å². The maximum Gasteiger partial charge on any atom is 0.151 e. The molecule has 4 rings (SSSR count). The van der Waals surface area contributed by atoms with Crippen molar-refractivity contribution in [2.24, 2.45) is 26.4 Å². The van der Waals surface area contributed by atoms with Crippen LogP contribution in [0.15, 0.2) is 62.9 Å². The molecule has 0 fully saturated rings. The number of anilines is 1. The summed E-state index contributed by atoms with van der Waals surface area (Å²) in [5.74, 6) is 2.45. The van der Waals surface area contributed by atoms with Gasteiger partial charge in [-0.1, -0.05) is 38.5 Å². The lowest BCUT2D eigenvalue weighted by Gasteiger charge is -2.46. The molecule has 1 atom stereocenters. The van der Waals surface area contributed by atoms with Crippen LogP contribution in [-0.4, -0.2) is 39.2 Å². The summed E-state index contributed by atoms with van der Waals surface area (Å²) in [5.41, 5.74) is 7.05. The summed E-state index contributed by atoms with van der Waals surface area (Å²) < 4.78 is 17.8. The number of methoxy groups -OCH3 is 2. The first-order valence-corrected chi connectivity index (χ1v) is 16.6. The van der Waals surface area contributed by atoms with Gasteiger partial charge in [-0.2, -0.15) is 5.11 Å². The number of azo groups is 2. The molecule has 3 aromatic rings. The number of aryl methyl sites for hydroxylation is 1. The minimum atomic E-state index is 0.00287. The molecular formula is C38H51N5O4. The second kappa shape index (κ2) is 15.5. The van der Waals surface area contributed by atoms with E-state index in [2.05, 4.69) is 61.1 Å². The Morgan fingerprint density at radius 2 is 1.49 bits per heavy atom. The highest BCUT2D eigenvalue weighted by atomic mass is 16.5. The molecule has 0 saturated heterocycles. The van der Waals surface area contributed by atoms with Gasteiger partial charge < -0.3 is 19.1 Å². The highest BCUT2D eigenvalue weighted by Gasteiger charge is 2.36. The third-order valence-electron chi connectivity index (χ3n) is 9.09. The summed E-state index contributed by atoms with van der Waals surface area (Å²) in [4.78, 5) is 14.4. The summed E-state index contributed by atoms with van der Waals surface area (Å²) in [6.07, 6.45) is 4.27. The molecule has 0 bridgehead atoms. The molecule has 0 aliphatic carbocycles. The van der Waals surface area contributed by atoms with Crippen LogP contribution in [0.2, 0.25) is 0 Å². The number of carbonyl (C=O) groups excluding carboxylic acids is 1. The lowest BCUT2D eigenvalue weighted by Crippen LogP contribution is -2.46. The van der Waals surface area contributed by atoms with Crippen LogP contribution in [0.3, 0.4) is 0 Å². The maximum atomic E-state index is 12.0. The van der Waals surface area contributed by atoms with E-state index in [1.165, 1.54) is 11.3 Å². The van der Waals surface area contributed by atoms with Crippen molar-refractivity contribution < 1.29 is 19.0 Å². The number of benzene rings is 3. The zero-order valence-electron chi connectivity index (χ0n) is 29.8. The molecule has 9 heteroatoms. The highest BCUT2D eigenvalue weighted by Crippen LogP contribution is 2.50. The second-order valence-corrected chi connectivity index (χ2v) is 13.5. The van der Waals surface area contributed by atoms with E-state index >= 15 is 0 Å². The fourth-order valence-corrected chi connectivity index (χ4v) is 6.07. The van der Waals surface area contributed by atoms with Crippen LogP contribution in [0.1, 0.15) is 89.3 Å². The molecule has 0 amide bonds. The normalized spacial score (nSPS) is 15.8. The first-order chi connectivity index (χ1) is 22.4. The number of nitrogens with zero attached hydrogens (tertiary/aromatic N) is 5. The molecule has 9 nitrogen and oxygen atoms in total. The fraction of sp³-hybridized carbons (Fsp3) is 0.500. The average molecular weight is 642 g/mol. The van der Waals surface area contributed by atoms with Crippen molar-refractivity contribution in [3.05, 3.63) is 59.2 Å². The summed E-state index contributed by atoms with van der Waals surface area (Å²) in [5, 5.41) is 18.2. The van der Waals surface area contributed by atoms with E-state index in [0.717, 1.165) is 48.2 Å². The van der Waals surface area contributed by atoms with Gasteiger partial charge in [-0.3, -0.25) is 4.79 Å². The molecule has 0 saturated carbocycles. The molecular weight excluding hydrogens is 590 g/mol. The van der Waals surface area contributed by atoms with Crippen molar-refractivity contribution in [2.75, 3.05) is 32.8 Å². The van der Waals surface area contributed by atoms with Gasteiger partial charge in [0.15, 0.2) is 5.75 Å². The quantitative estimate of drug-likeness (QED) is 0.129. The number of rotatable bonds is 14. The van der Waals surface area contributed by atoms with Crippen LogP contribution in [0.4, 0.5) is 28.4 Å². The van der Waals surface area contributed by atoms with Gasteiger partial charge in [-0.15, -0.1) is 15.3 Å². The molecule has 47 heavy (non-hydrogen) atoms. The molecule has 0 spiro atoms. The number of carbonyl (C=O) groups is 1. The van der Waals surface area contributed by atoms with Crippen LogP contribution in [0.25, 0.3) is 0 Å². The highest BCUT2D eigenvalue weighted by molar-refractivity contribution is 5.80. The Morgan fingerprint density at radius 3 is 2.09 bits per heavy atom. The number of unbranched alkanes of at least 4 members (excludes halogenated alkanes) is 2. The Kier molecular flexibility index (Phi) is 11.8. The van der Waals surface area contributed by atoms with Gasteiger partial charge in [0.05, 0.1) is 26.5 Å². The molecule has 0 aromatic heterocycles. The van der Waals surface area contributed by atoms with Crippen molar-refractivity contribution in [1.82, 2.24) is 0 Å². The average Bonchev–Trinajstić information content (AvgIpc) is 3.04. The van der Waals surface area contributed by atoms with Crippen molar-refractivity contribution >= 4 is 34.2 Å². The topological polar surface area (TPSA) is 97.4 Å². The predicted octanol–water partition coefficient (Wildman–Crippen LogP) is 11.0. The fourth-order valence-electron chi connectivity index (χ4n) is 6.07. The van der Waals surface area contributed by atoms with Gasteiger partial charge in [-0.25, -0.2) is 0 Å². The predicted molar refractivity (Wildman–Crippen MR) is 190 cm³/mol. The first-order valence-electron chi connectivity index (χ1n) is 16.6. The molecule has 0 N–H and O–H groups in total. The summed E-state index contributed by atoms with van der Waals surface area (Å²) in [6.45, 7) is 15.4. The molecule has 1 heterocycles. The summed E-state index contributed by atoms with van der Waals surface area (Å²) in [6, 6.07) is 13.4. The molecule has 0 radical (unpaired) electrons. The number of hydrogen-bond acceptors (Lipinski definition) is 9. The Balaban J connectivity index is 1.66. The third kappa shape index (κ3) is 8.56. The SMILES string of the molecule is COc1cc(/N=N/c2cc3c(c(C)c2OCCCCCC(=O)C(C)C)N(C)C(C)(C)CC3C)c(OC)cc1/N=N/c1ccc(C)cc1. The largest absolute Gasteiger partial charge is 0.494 e. The van der Waals surface area contributed by atoms with Crippen LogP contribution in [0.5, 0.6) is 17.2 Å². The lowest BCUT2D eigenvalue weighted by molar-refractivity contribution is -0.122. The van der Waals surface area contributed by atoms with Crippen molar-refractivity contribution in [3.63, 3.8) is 0 Å². The molecule has 1 unspecified atom stereocenters. The van der Waals surface area contributed by atoms with Crippen molar-refractivity contribution in [3.8, 4) is 17.2 Å². The Hall–Kier alpha value is -4.27. The van der Waals surface area contributed by atoms with Crippen LogP contribution < -0.4 is 19.1 Å². The monoisotopic (exact) mass is 641 g/mol. The van der Waals surface area contributed by atoms with Crippen LogP contribution in [-0.2, 0) is 4.79 Å². The van der Waals surface area contributed by atoms with Gasteiger partial charge in [0.25, 0.3) is 0 Å². The molecule has 1 aliphatic heterocycles. The minimum absolute atomic E-state index is 0.00287. The maximum absolute atomic E-state index is 12.0. The van der Waals surface area contributed by atoms with E-state index < -0.39 is 0 Å². The third-order valence-corrected chi connectivity index (χ3v) is 9.09. The van der Waals surface area contributed by atoms with E-state index in [1.807, 2.05) is 45.0 Å². The minimum Gasteiger partial charge on any atom is -0.494 e. The lowest BCUT2D eigenvalue weighted by atomic mass is 9.79. The number of ether oxygens (including phenoxy) is 3. The molecule has 3 aromatic carbocycles. The zero-order chi connectivity index (χ0) is 34.3. The van der Waals surface area contributed by atoms with Crippen LogP contribution >= 0.6 is 0 Å². The Labute approximate surface area is 280 Å². The van der Waals surface area contributed by atoms with Gasteiger partial charge in [0, 0.05) is 48.3 Å². The van der Waals surface area contributed by atoms with Gasteiger partial charge >= 0.3 is 0 Å². The summed E-state index contributed by atoms with van der Waals surface area (Å²) in [7, 11) is 5.33. The zero-order valence-corrected chi connectivity index (χ0v) is 29.8. The molecule has 252 valence electrons. The number of fused-ring (bicyclic) bond motifs is 1. The van der Waals surface area contributed by atoms with Gasteiger partial charge in [-0.05, 0) is 83.1 Å². The van der Waals surface area contributed by atoms with Crippen LogP contribution in [0, 0.1) is 19.8 Å².